The molecule has 0 fully saturated rings. The Kier molecular flexibility index (Phi) is 14.4. The number of hydrogen-bond acceptors (Lipinski definition) is 5. The average Bonchev–Trinajstić information content (AvgIpc) is 1.27. The fourth-order valence-electron chi connectivity index (χ4n) is 0. The first-order valence-corrected chi connectivity index (χ1v) is 2.88. The van der Waals surface area contributed by atoms with Gasteiger partial charge in [-0.1, -0.05) is 5.40 Å². The molecular formula is CHFeNO4S2. The van der Waals surface area contributed by atoms with Crippen LogP contribution in [0.15, 0.2) is 0 Å². The van der Waals surface area contributed by atoms with E-state index < -0.39 is 10.4 Å². The molecule has 0 aliphatic carbocycles. The van der Waals surface area contributed by atoms with E-state index in [-0.39, 0.29) is 17.1 Å². The van der Waals surface area contributed by atoms with Crippen LogP contribution < -0.4 is 0 Å². The summed E-state index contributed by atoms with van der Waals surface area (Å²) >= 11 is 3.70. The molecule has 0 aliphatic rings. The van der Waals surface area contributed by atoms with Gasteiger partial charge in [-0.05, 0) is 0 Å². The molecule has 0 unspecified atom stereocenters. The second-order valence-electron chi connectivity index (χ2n) is 0.519. The molecule has 0 saturated carbocycles. The molecule has 5 nitrogen and oxygen atoms in total. The molecule has 0 spiro atoms. The Labute approximate surface area is 68.5 Å². The van der Waals surface area contributed by atoms with Gasteiger partial charge in [0.15, 0.2) is 0 Å². The van der Waals surface area contributed by atoms with Crippen LogP contribution in [0.4, 0.5) is 0 Å². The Bertz CT molecular complexity index is 159. The minimum Gasteiger partial charge on any atom is -0.726 e. The Hall–Kier alpha value is 0.0995. The number of nitriles is 1. The van der Waals surface area contributed by atoms with E-state index in [1.807, 2.05) is 0 Å². The van der Waals surface area contributed by atoms with Crippen LogP contribution in [0.25, 0.3) is 0 Å². The van der Waals surface area contributed by atoms with Crippen LogP contribution in [-0.4, -0.2) is 17.5 Å². The first kappa shape index (κ1) is 16.0. The minimum atomic E-state index is -4.92. The fraction of sp³-hybridized carbons (Fsp3) is 0. The zero-order chi connectivity index (χ0) is 7.21. The predicted molar refractivity (Wildman–Crippen MR) is 25.3 cm³/mol. The van der Waals surface area contributed by atoms with Crippen LogP contribution in [0.3, 0.4) is 0 Å². The van der Waals surface area contributed by atoms with Crippen LogP contribution in [0.2, 0.25) is 0 Å². The second kappa shape index (κ2) is 8.10. The molecule has 0 aromatic rings. The third-order valence-corrected chi connectivity index (χ3v) is 0. The summed E-state index contributed by atoms with van der Waals surface area (Å²) in [5.41, 5.74) is 0. The van der Waals surface area contributed by atoms with Crippen LogP contribution in [0.1, 0.15) is 0 Å². The molecule has 0 amide bonds. The van der Waals surface area contributed by atoms with Crippen molar-refractivity contribution < 1.29 is 34.6 Å². The van der Waals surface area contributed by atoms with Crippen LogP contribution in [-0.2, 0) is 40.1 Å². The van der Waals surface area contributed by atoms with Crippen molar-refractivity contribution in [1.29, 1.82) is 5.26 Å². The van der Waals surface area contributed by atoms with Gasteiger partial charge >= 0.3 is 17.1 Å². The van der Waals surface area contributed by atoms with Gasteiger partial charge in [0.05, 0.1) is 0 Å². The smallest absolute Gasteiger partial charge is 0.726 e. The molecule has 0 saturated heterocycles. The number of nitrogens with zero attached hydrogens (tertiary/aromatic N) is 1. The maximum absolute atomic E-state index is 8.63. The monoisotopic (exact) mass is 211 g/mol. The van der Waals surface area contributed by atoms with Gasteiger partial charge in [0.2, 0.25) is 10.4 Å². The maximum atomic E-state index is 8.63. The van der Waals surface area contributed by atoms with Gasteiger partial charge in [0, 0.05) is 0 Å². The van der Waals surface area contributed by atoms with Gasteiger partial charge in [-0.15, -0.1) is 0 Å². The first-order valence-electron chi connectivity index (χ1n) is 1.11. The van der Waals surface area contributed by atoms with Gasteiger partial charge in [-0.2, -0.15) is 0 Å². The van der Waals surface area contributed by atoms with Crippen LogP contribution >= 0.6 is 0 Å². The van der Waals surface area contributed by atoms with Gasteiger partial charge in [0.25, 0.3) is 0 Å². The van der Waals surface area contributed by atoms with E-state index in [0.29, 0.717) is 0 Å². The summed E-state index contributed by atoms with van der Waals surface area (Å²) in [5.74, 6) is 0. The molecule has 0 bridgehead atoms. The summed E-state index contributed by atoms with van der Waals surface area (Å²) in [5, 5.41) is 8.47. The fourth-order valence-corrected chi connectivity index (χ4v) is 0. The van der Waals surface area contributed by atoms with E-state index in [1.165, 1.54) is 5.40 Å². The summed E-state index contributed by atoms with van der Waals surface area (Å²) in [6, 6.07) is 0. The zero-order valence-corrected chi connectivity index (χ0v) is 6.53. The third-order valence-electron chi connectivity index (χ3n) is 0. The molecular weight excluding hydrogens is 210 g/mol. The molecule has 0 atom stereocenters. The van der Waals surface area contributed by atoms with Gasteiger partial charge in [-0.25, -0.2) is 13.7 Å². The summed E-state index contributed by atoms with van der Waals surface area (Å²) in [7, 11) is -4.92. The van der Waals surface area contributed by atoms with E-state index >= 15 is 0 Å². The van der Waals surface area contributed by atoms with Crippen molar-refractivity contribution in [2.75, 3.05) is 0 Å². The summed E-state index contributed by atoms with van der Waals surface area (Å²) in [6.45, 7) is 0. The molecule has 1 N–H and O–H groups in total. The molecule has 8 heteroatoms. The van der Waals surface area contributed by atoms with Crippen LogP contribution in [0.5, 0.6) is 0 Å². The SMILES string of the molecule is N#C[S-].O=S(=O)([O-])O.[Fe+2]. The molecule has 54 valence electrons. The van der Waals surface area contributed by atoms with Crippen molar-refractivity contribution >= 4 is 23.0 Å². The Morgan fingerprint density at radius 3 is 1.67 bits per heavy atom. The largest absolute Gasteiger partial charge is 2.00 e. The molecule has 0 aliphatic heterocycles. The van der Waals surface area contributed by atoms with Crippen molar-refractivity contribution in [1.82, 2.24) is 0 Å². The van der Waals surface area contributed by atoms with E-state index in [4.69, 9.17) is 22.8 Å². The molecule has 0 heterocycles. The standard InChI is InChI=1S/CHNS.Fe.H2O4S/c2-1-3;;1-5(2,3)4/h3H;;(H2,1,2,3,4)/q;+2;/p-2. The van der Waals surface area contributed by atoms with Crippen molar-refractivity contribution in [3.8, 4) is 5.40 Å². The van der Waals surface area contributed by atoms with Gasteiger partial charge < -0.3 is 17.2 Å². The zero-order valence-electron chi connectivity index (χ0n) is 3.79. The van der Waals surface area contributed by atoms with Gasteiger partial charge in [0.1, 0.15) is 0 Å². The Balaban J connectivity index is -0.0000000800. The van der Waals surface area contributed by atoms with E-state index in [9.17, 15) is 0 Å². The van der Waals surface area contributed by atoms with Crippen molar-refractivity contribution in [2.24, 2.45) is 0 Å². The summed E-state index contributed by atoms with van der Waals surface area (Å²) in [6.07, 6.45) is 0. The number of thiocyanates is 1. The van der Waals surface area contributed by atoms with E-state index in [2.05, 4.69) is 12.6 Å². The third kappa shape index (κ3) is 30400. The van der Waals surface area contributed by atoms with Crippen LogP contribution in [0, 0.1) is 10.7 Å². The summed E-state index contributed by atoms with van der Waals surface area (Å²) < 4.78 is 32.8. The minimum absolute atomic E-state index is 0. The van der Waals surface area contributed by atoms with Gasteiger partial charge in [-0.3, -0.25) is 4.55 Å². The quantitative estimate of drug-likeness (QED) is 0.181. The molecule has 0 aromatic carbocycles. The van der Waals surface area contributed by atoms with Crippen molar-refractivity contribution in [3.63, 3.8) is 0 Å². The average molecular weight is 211 g/mol. The molecule has 0 radical (unpaired) electrons. The molecule has 0 rings (SSSR count). The normalized spacial score (nSPS) is 7.22. The number of rotatable bonds is 0. The molecule has 9 heavy (non-hydrogen) atoms. The first-order chi connectivity index (χ1) is 3.41. The Morgan fingerprint density at radius 2 is 1.67 bits per heavy atom. The van der Waals surface area contributed by atoms with Crippen molar-refractivity contribution in [3.05, 3.63) is 0 Å². The van der Waals surface area contributed by atoms with E-state index in [1.54, 1.807) is 0 Å². The summed E-state index contributed by atoms with van der Waals surface area (Å²) in [4.78, 5) is 0. The number of hydrogen-bond donors (Lipinski definition) is 1. The van der Waals surface area contributed by atoms with E-state index in [0.717, 1.165) is 0 Å². The Morgan fingerprint density at radius 1 is 1.67 bits per heavy atom. The predicted octanol–water partition coefficient (Wildman–Crippen LogP) is -0.984. The maximum Gasteiger partial charge on any atom is 2.00 e. The topological polar surface area (TPSA) is 101 Å². The van der Waals surface area contributed by atoms with Crippen molar-refractivity contribution in [2.45, 2.75) is 0 Å². The second-order valence-corrected chi connectivity index (χ2v) is 1.56. The molecule has 0 aromatic heterocycles.